The quantitative estimate of drug-likeness (QED) is 0.726. The summed E-state index contributed by atoms with van der Waals surface area (Å²) in [7, 11) is 0. The van der Waals surface area contributed by atoms with Crippen LogP contribution in [-0.2, 0) is 4.79 Å². The van der Waals surface area contributed by atoms with Crippen molar-refractivity contribution in [1.82, 2.24) is 20.1 Å². The van der Waals surface area contributed by atoms with Crippen LogP contribution in [0.5, 0.6) is 5.88 Å². The van der Waals surface area contributed by atoms with Crippen LogP contribution < -0.4 is 10.1 Å². The number of hydrogen-bond acceptors (Lipinski definition) is 6. The largest absolute Gasteiger partial charge is 0.478 e. The van der Waals surface area contributed by atoms with Crippen molar-refractivity contribution in [3.8, 4) is 5.88 Å². The van der Waals surface area contributed by atoms with Crippen molar-refractivity contribution < 1.29 is 19.4 Å². The van der Waals surface area contributed by atoms with Crippen molar-refractivity contribution >= 4 is 11.8 Å². The molecule has 2 aliphatic rings. The van der Waals surface area contributed by atoms with Gasteiger partial charge < -0.3 is 25.0 Å². The highest BCUT2D eigenvalue weighted by Crippen LogP contribution is 2.26. The predicted molar refractivity (Wildman–Crippen MR) is 113 cm³/mol. The van der Waals surface area contributed by atoms with Crippen LogP contribution in [0.1, 0.15) is 56.3 Å². The monoisotopic (exact) mass is 418 g/mol. The Kier molecular flexibility index (Phi) is 7.66. The van der Waals surface area contributed by atoms with Gasteiger partial charge in [-0.3, -0.25) is 9.59 Å². The highest BCUT2D eigenvalue weighted by atomic mass is 16.5. The summed E-state index contributed by atoms with van der Waals surface area (Å²) < 4.78 is 5.34. The Morgan fingerprint density at radius 2 is 2.00 bits per heavy atom. The van der Waals surface area contributed by atoms with Gasteiger partial charge in [-0.25, -0.2) is 4.98 Å². The number of amides is 2. The fourth-order valence-electron chi connectivity index (χ4n) is 4.40. The van der Waals surface area contributed by atoms with Gasteiger partial charge >= 0.3 is 0 Å². The van der Waals surface area contributed by atoms with Gasteiger partial charge in [0.1, 0.15) is 0 Å². The Hall–Kier alpha value is -2.19. The summed E-state index contributed by atoms with van der Waals surface area (Å²) in [5.41, 5.74) is -0.239. The van der Waals surface area contributed by atoms with Gasteiger partial charge in [-0.15, -0.1) is 0 Å². The molecule has 0 radical (unpaired) electrons. The number of nitrogens with one attached hydrogen (secondary N) is 1. The van der Waals surface area contributed by atoms with Gasteiger partial charge in [0.05, 0.1) is 17.8 Å². The van der Waals surface area contributed by atoms with Crippen LogP contribution in [0, 0.1) is 0 Å². The van der Waals surface area contributed by atoms with Gasteiger partial charge in [-0.2, -0.15) is 0 Å². The number of β-amino-alcohol motifs (C(OH)–C–C–N with tert-alkyl or cyclic N) is 1. The summed E-state index contributed by atoms with van der Waals surface area (Å²) in [6, 6.07) is 3.70. The number of nitrogens with zero attached hydrogens (tertiary/aromatic N) is 3. The van der Waals surface area contributed by atoms with Crippen LogP contribution in [0.15, 0.2) is 18.3 Å². The van der Waals surface area contributed by atoms with E-state index in [1.807, 2.05) is 11.8 Å². The summed E-state index contributed by atoms with van der Waals surface area (Å²) in [6.45, 7) is 7.51. The maximum atomic E-state index is 12.9. The first-order valence-electron chi connectivity index (χ1n) is 11.0. The van der Waals surface area contributed by atoms with E-state index < -0.39 is 5.60 Å². The lowest BCUT2D eigenvalue weighted by Gasteiger charge is -2.38. The zero-order valence-electron chi connectivity index (χ0n) is 18.1. The van der Waals surface area contributed by atoms with Crippen molar-refractivity contribution in [3.05, 3.63) is 23.9 Å². The van der Waals surface area contributed by atoms with E-state index >= 15 is 0 Å². The van der Waals surface area contributed by atoms with E-state index in [1.54, 1.807) is 25.3 Å². The topological polar surface area (TPSA) is 95.0 Å². The number of hydrogen-bond donors (Lipinski definition) is 2. The Bertz CT molecular complexity index is 718. The molecule has 3 rings (SSSR count). The van der Waals surface area contributed by atoms with E-state index in [0.29, 0.717) is 50.5 Å². The molecule has 8 nitrogen and oxygen atoms in total. The molecule has 2 amide bonds. The van der Waals surface area contributed by atoms with Crippen LogP contribution in [0.25, 0.3) is 0 Å². The number of carbonyl (C=O) groups excluding carboxylic acids is 2. The lowest BCUT2D eigenvalue weighted by Crippen LogP contribution is -2.50. The number of aromatic nitrogens is 1. The molecule has 0 aliphatic carbocycles. The Labute approximate surface area is 178 Å². The van der Waals surface area contributed by atoms with Gasteiger partial charge in [0.2, 0.25) is 11.8 Å². The fraction of sp³-hybridized carbons (Fsp3) is 0.682. The minimum Gasteiger partial charge on any atom is -0.478 e. The SMILES string of the molecule is CCOc1ccc(C(=O)N2CCCC(O)(CN3CCC(NC(C)=O)CC3)CC2)cn1. The Balaban J connectivity index is 1.51. The van der Waals surface area contributed by atoms with Crippen LogP contribution in [0.3, 0.4) is 0 Å². The van der Waals surface area contributed by atoms with Crippen molar-refractivity contribution in [3.63, 3.8) is 0 Å². The molecule has 2 saturated heterocycles. The molecule has 2 aliphatic heterocycles. The Morgan fingerprint density at radius 3 is 2.63 bits per heavy atom. The second-order valence-corrected chi connectivity index (χ2v) is 8.44. The van der Waals surface area contributed by atoms with Crippen molar-refractivity contribution in [1.29, 1.82) is 0 Å². The smallest absolute Gasteiger partial charge is 0.255 e. The number of carbonyl (C=O) groups is 2. The van der Waals surface area contributed by atoms with E-state index in [2.05, 4.69) is 15.2 Å². The summed E-state index contributed by atoms with van der Waals surface area (Å²) in [5, 5.41) is 14.2. The number of ether oxygens (including phenoxy) is 1. The van der Waals surface area contributed by atoms with E-state index in [9.17, 15) is 14.7 Å². The van der Waals surface area contributed by atoms with Crippen LogP contribution in [0.4, 0.5) is 0 Å². The molecular weight excluding hydrogens is 384 g/mol. The number of rotatable bonds is 6. The molecular formula is C22H34N4O4. The van der Waals surface area contributed by atoms with E-state index in [-0.39, 0.29) is 17.9 Å². The van der Waals surface area contributed by atoms with Gasteiger partial charge in [0.25, 0.3) is 5.91 Å². The molecule has 8 heteroatoms. The summed E-state index contributed by atoms with van der Waals surface area (Å²) in [5.74, 6) is 0.482. The molecule has 1 unspecified atom stereocenters. The maximum Gasteiger partial charge on any atom is 0.255 e. The van der Waals surface area contributed by atoms with Crippen LogP contribution in [0.2, 0.25) is 0 Å². The standard InChI is InChI=1S/C22H34N4O4/c1-3-30-20-6-5-18(15-23-20)21(28)26-11-4-9-22(29,10-14-26)16-25-12-7-19(8-13-25)24-17(2)27/h5-6,15,19,29H,3-4,7-14,16H2,1-2H3,(H,24,27). The van der Waals surface area contributed by atoms with Crippen LogP contribution in [-0.4, -0.2) is 82.7 Å². The third-order valence-corrected chi connectivity index (χ3v) is 5.99. The van der Waals surface area contributed by atoms with Crippen molar-refractivity contribution in [2.24, 2.45) is 0 Å². The Morgan fingerprint density at radius 1 is 1.23 bits per heavy atom. The molecule has 2 N–H and O–H groups in total. The minimum atomic E-state index is -0.785. The lowest BCUT2D eigenvalue weighted by molar-refractivity contribution is -0.120. The van der Waals surface area contributed by atoms with Gasteiger partial charge in [0.15, 0.2) is 0 Å². The molecule has 1 aromatic heterocycles. The fourth-order valence-corrected chi connectivity index (χ4v) is 4.40. The van der Waals surface area contributed by atoms with Crippen molar-refractivity contribution in [2.75, 3.05) is 39.3 Å². The average Bonchev–Trinajstić information content (AvgIpc) is 2.91. The first kappa shape index (κ1) is 22.5. The average molecular weight is 419 g/mol. The normalized spacial score (nSPS) is 23.6. The predicted octanol–water partition coefficient (Wildman–Crippen LogP) is 1.44. The first-order chi connectivity index (χ1) is 14.4. The summed E-state index contributed by atoms with van der Waals surface area (Å²) >= 11 is 0. The highest BCUT2D eigenvalue weighted by molar-refractivity contribution is 5.94. The molecule has 0 bridgehead atoms. The first-order valence-corrected chi connectivity index (χ1v) is 11.0. The zero-order valence-corrected chi connectivity index (χ0v) is 18.1. The number of pyridine rings is 1. The van der Waals surface area contributed by atoms with Gasteiger partial charge in [-0.1, -0.05) is 0 Å². The third kappa shape index (κ3) is 6.15. The summed E-state index contributed by atoms with van der Waals surface area (Å²) in [6.07, 6.45) is 5.40. The summed E-state index contributed by atoms with van der Waals surface area (Å²) in [4.78, 5) is 32.4. The van der Waals surface area contributed by atoms with Crippen LogP contribution >= 0.6 is 0 Å². The molecule has 30 heavy (non-hydrogen) atoms. The second kappa shape index (κ2) is 10.2. The molecule has 166 valence electrons. The molecule has 2 fully saturated rings. The molecule has 0 spiro atoms. The maximum absolute atomic E-state index is 12.9. The van der Waals surface area contributed by atoms with Gasteiger partial charge in [0, 0.05) is 58.0 Å². The minimum absolute atomic E-state index is 0.0170. The third-order valence-electron chi connectivity index (χ3n) is 5.99. The van der Waals surface area contributed by atoms with Crippen molar-refractivity contribution in [2.45, 2.75) is 57.6 Å². The zero-order chi connectivity index (χ0) is 21.6. The molecule has 1 aromatic rings. The van der Waals surface area contributed by atoms with E-state index in [4.69, 9.17) is 4.74 Å². The number of aliphatic hydroxyl groups is 1. The molecule has 0 aromatic carbocycles. The van der Waals surface area contributed by atoms with E-state index in [1.165, 1.54) is 0 Å². The molecule has 3 heterocycles. The van der Waals surface area contributed by atoms with E-state index in [0.717, 1.165) is 32.4 Å². The second-order valence-electron chi connectivity index (χ2n) is 8.44. The lowest BCUT2D eigenvalue weighted by atomic mass is 9.93. The molecule has 0 saturated carbocycles. The highest BCUT2D eigenvalue weighted by Gasteiger charge is 2.34. The molecule has 1 atom stereocenters. The van der Waals surface area contributed by atoms with Gasteiger partial charge in [-0.05, 0) is 45.1 Å². The number of piperidine rings is 1. The number of likely N-dealkylation sites (tertiary alicyclic amines) is 2.